The van der Waals surface area contributed by atoms with Gasteiger partial charge in [-0.25, -0.2) is 0 Å². The largest absolute Gasteiger partial charge is 0.493 e. The van der Waals surface area contributed by atoms with Crippen molar-refractivity contribution in [2.24, 2.45) is 7.05 Å². The van der Waals surface area contributed by atoms with Gasteiger partial charge in [0.15, 0.2) is 0 Å². The number of hydrogen-bond acceptors (Lipinski definition) is 4. The van der Waals surface area contributed by atoms with Crippen molar-refractivity contribution in [2.45, 2.75) is 11.9 Å². The first-order chi connectivity index (χ1) is 10.2. The summed E-state index contributed by atoms with van der Waals surface area (Å²) in [6, 6.07) is 9.62. The van der Waals surface area contributed by atoms with Crippen molar-refractivity contribution in [3.63, 3.8) is 0 Å². The van der Waals surface area contributed by atoms with Crippen LogP contribution in [0.25, 0.3) is 0 Å². The van der Waals surface area contributed by atoms with E-state index in [1.165, 1.54) is 0 Å². The molecule has 0 fully saturated rings. The van der Waals surface area contributed by atoms with Gasteiger partial charge in [-0.2, -0.15) is 5.10 Å². The van der Waals surface area contributed by atoms with Crippen LogP contribution >= 0.6 is 11.8 Å². The lowest BCUT2D eigenvalue weighted by Crippen LogP contribution is -2.01. The Morgan fingerprint density at radius 2 is 2.10 bits per heavy atom. The van der Waals surface area contributed by atoms with Crippen LogP contribution in [0.4, 0.5) is 0 Å². The topological polar surface area (TPSA) is 47.3 Å². The summed E-state index contributed by atoms with van der Waals surface area (Å²) in [6.07, 6.45) is 0. The molecule has 2 aromatic rings. The number of nitrogens with zero attached hydrogens (tertiary/aromatic N) is 2. The van der Waals surface area contributed by atoms with E-state index in [0.717, 1.165) is 27.8 Å². The first-order valence-electron chi connectivity index (χ1n) is 6.65. The Balaban J connectivity index is 1.77. The summed E-state index contributed by atoms with van der Waals surface area (Å²) in [5.41, 5.74) is 1.90. The Labute approximate surface area is 129 Å². The molecule has 0 spiro atoms. The lowest BCUT2D eigenvalue weighted by molar-refractivity contribution is 0.344. The molecule has 0 aliphatic rings. The second-order valence-corrected chi connectivity index (χ2v) is 5.54. The molecule has 0 aliphatic carbocycles. The minimum Gasteiger partial charge on any atom is -0.493 e. The summed E-state index contributed by atoms with van der Waals surface area (Å²) in [4.78, 5) is 0. The Bertz CT molecular complexity index is 639. The SMILES string of the molecule is Cc1cc(SCCOc2ccc(C#CCO)cc2)n(C)n1. The number of benzene rings is 1. The number of aromatic nitrogens is 2. The Morgan fingerprint density at radius 3 is 2.71 bits per heavy atom. The van der Waals surface area contributed by atoms with Crippen LogP contribution in [-0.2, 0) is 7.05 Å². The van der Waals surface area contributed by atoms with Crippen LogP contribution in [0, 0.1) is 18.8 Å². The molecule has 0 aliphatic heterocycles. The second-order valence-electron chi connectivity index (χ2n) is 4.43. The first-order valence-corrected chi connectivity index (χ1v) is 7.63. The van der Waals surface area contributed by atoms with Gasteiger partial charge in [0.2, 0.25) is 0 Å². The molecule has 4 nitrogen and oxygen atoms in total. The maximum Gasteiger partial charge on any atom is 0.119 e. The number of hydrogen-bond donors (Lipinski definition) is 1. The molecule has 0 bridgehead atoms. The van der Waals surface area contributed by atoms with Gasteiger partial charge in [-0.15, -0.1) is 11.8 Å². The third-order valence-corrected chi connectivity index (χ3v) is 3.78. The van der Waals surface area contributed by atoms with Crippen molar-refractivity contribution in [1.82, 2.24) is 9.78 Å². The van der Waals surface area contributed by atoms with Gasteiger partial charge in [0.1, 0.15) is 12.4 Å². The quantitative estimate of drug-likeness (QED) is 0.523. The molecule has 0 unspecified atom stereocenters. The third kappa shape index (κ3) is 4.85. The zero-order valence-corrected chi connectivity index (χ0v) is 13.0. The van der Waals surface area contributed by atoms with Gasteiger partial charge in [-0.05, 0) is 37.3 Å². The van der Waals surface area contributed by atoms with E-state index in [-0.39, 0.29) is 6.61 Å². The van der Waals surface area contributed by atoms with E-state index in [1.807, 2.05) is 42.9 Å². The predicted octanol–water partition coefficient (Wildman–Crippen LogP) is 2.24. The number of aryl methyl sites for hydroxylation is 2. The van der Waals surface area contributed by atoms with Crippen LogP contribution in [0.2, 0.25) is 0 Å². The van der Waals surface area contributed by atoms with Gasteiger partial charge in [0.25, 0.3) is 0 Å². The minimum absolute atomic E-state index is 0.122. The summed E-state index contributed by atoms with van der Waals surface area (Å²) in [6.45, 7) is 2.50. The number of thioether (sulfide) groups is 1. The van der Waals surface area contributed by atoms with Crippen LogP contribution in [-0.4, -0.2) is 33.9 Å². The van der Waals surface area contributed by atoms with Gasteiger partial charge in [-0.1, -0.05) is 11.8 Å². The molecular weight excluding hydrogens is 284 g/mol. The molecule has 1 aromatic carbocycles. The molecule has 0 amide bonds. The highest BCUT2D eigenvalue weighted by Crippen LogP contribution is 2.18. The number of aliphatic hydroxyl groups excluding tert-OH is 1. The summed E-state index contributed by atoms with van der Waals surface area (Å²) < 4.78 is 7.57. The molecule has 0 saturated carbocycles. The maximum absolute atomic E-state index is 8.63. The average Bonchev–Trinajstić information content (AvgIpc) is 2.80. The summed E-state index contributed by atoms with van der Waals surface area (Å²) in [7, 11) is 1.95. The summed E-state index contributed by atoms with van der Waals surface area (Å²) in [5, 5.41) is 14.1. The highest BCUT2D eigenvalue weighted by molar-refractivity contribution is 7.99. The molecule has 5 heteroatoms. The smallest absolute Gasteiger partial charge is 0.119 e. The van der Waals surface area contributed by atoms with Gasteiger partial charge in [-0.3, -0.25) is 4.68 Å². The number of ether oxygens (including phenoxy) is 1. The van der Waals surface area contributed by atoms with Crippen LogP contribution in [0.3, 0.4) is 0 Å². The third-order valence-electron chi connectivity index (χ3n) is 2.73. The van der Waals surface area contributed by atoms with E-state index < -0.39 is 0 Å². The van der Waals surface area contributed by atoms with Crippen LogP contribution in [0.15, 0.2) is 35.4 Å². The number of rotatable bonds is 5. The molecule has 1 N–H and O–H groups in total. The predicted molar refractivity (Wildman–Crippen MR) is 84.6 cm³/mol. The van der Waals surface area contributed by atoms with Gasteiger partial charge >= 0.3 is 0 Å². The molecule has 1 heterocycles. The molecular formula is C16H18N2O2S. The van der Waals surface area contributed by atoms with Crippen molar-refractivity contribution >= 4 is 11.8 Å². The van der Waals surface area contributed by atoms with Crippen molar-refractivity contribution in [3.05, 3.63) is 41.6 Å². The Kier molecular flexibility index (Phi) is 5.73. The van der Waals surface area contributed by atoms with E-state index in [9.17, 15) is 0 Å². The van der Waals surface area contributed by atoms with Crippen LogP contribution < -0.4 is 4.74 Å². The molecule has 0 radical (unpaired) electrons. The Hall–Kier alpha value is -1.90. The number of aliphatic hydroxyl groups is 1. The molecule has 2 rings (SSSR count). The molecule has 0 atom stereocenters. The van der Waals surface area contributed by atoms with E-state index in [0.29, 0.717) is 6.61 Å². The van der Waals surface area contributed by atoms with Crippen molar-refractivity contribution in [1.29, 1.82) is 0 Å². The van der Waals surface area contributed by atoms with E-state index >= 15 is 0 Å². The first kappa shape index (κ1) is 15.5. The van der Waals surface area contributed by atoms with Gasteiger partial charge in [0, 0.05) is 18.4 Å². The zero-order chi connectivity index (χ0) is 15.1. The fourth-order valence-electron chi connectivity index (χ4n) is 1.80. The van der Waals surface area contributed by atoms with Crippen molar-refractivity contribution in [2.75, 3.05) is 19.0 Å². The van der Waals surface area contributed by atoms with Crippen molar-refractivity contribution < 1.29 is 9.84 Å². The lowest BCUT2D eigenvalue weighted by Gasteiger charge is -2.06. The van der Waals surface area contributed by atoms with E-state index in [2.05, 4.69) is 23.0 Å². The van der Waals surface area contributed by atoms with E-state index in [1.54, 1.807) is 11.8 Å². The second kappa shape index (κ2) is 7.77. The summed E-state index contributed by atoms with van der Waals surface area (Å²) >= 11 is 1.73. The van der Waals surface area contributed by atoms with Gasteiger partial charge in [0.05, 0.1) is 17.3 Å². The van der Waals surface area contributed by atoms with Crippen LogP contribution in [0.5, 0.6) is 5.75 Å². The summed E-state index contributed by atoms with van der Waals surface area (Å²) in [5.74, 6) is 7.16. The van der Waals surface area contributed by atoms with Crippen molar-refractivity contribution in [3.8, 4) is 17.6 Å². The standard InChI is InChI=1S/C16H18N2O2S/c1-13-12-16(18(2)17-13)21-11-10-20-15-7-5-14(6-8-15)4-3-9-19/h5-8,12,19H,9-11H2,1-2H3. The lowest BCUT2D eigenvalue weighted by atomic mass is 10.2. The average molecular weight is 302 g/mol. The van der Waals surface area contributed by atoms with Gasteiger partial charge < -0.3 is 9.84 Å². The maximum atomic E-state index is 8.63. The minimum atomic E-state index is -0.122. The molecule has 1 aromatic heterocycles. The van der Waals surface area contributed by atoms with Crippen LogP contribution in [0.1, 0.15) is 11.3 Å². The highest BCUT2D eigenvalue weighted by Gasteiger charge is 2.02. The molecule has 110 valence electrons. The fourth-order valence-corrected chi connectivity index (χ4v) is 2.66. The zero-order valence-electron chi connectivity index (χ0n) is 12.2. The fraction of sp³-hybridized carbons (Fsp3) is 0.312. The monoisotopic (exact) mass is 302 g/mol. The Morgan fingerprint density at radius 1 is 1.33 bits per heavy atom. The molecule has 21 heavy (non-hydrogen) atoms. The van der Waals surface area contributed by atoms with E-state index in [4.69, 9.17) is 9.84 Å². The highest BCUT2D eigenvalue weighted by atomic mass is 32.2. The normalized spacial score (nSPS) is 10.0. The molecule has 0 saturated heterocycles.